The van der Waals surface area contributed by atoms with Gasteiger partial charge in [0, 0.05) is 6.07 Å². The van der Waals surface area contributed by atoms with Crippen LogP contribution in [0.1, 0.15) is 13.3 Å². The van der Waals surface area contributed by atoms with Crippen molar-refractivity contribution in [3.05, 3.63) is 50.7 Å². The number of rotatable bonds is 5. The number of hydrogen-bond donors (Lipinski definition) is 3. The van der Waals surface area contributed by atoms with Crippen molar-refractivity contribution in [3.63, 3.8) is 0 Å². The predicted molar refractivity (Wildman–Crippen MR) is 80.4 cm³/mol. The van der Waals surface area contributed by atoms with Crippen LogP contribution in [-0.2, 0) is 4.79 Å². The minimum atomic E-state index is -0.904. The Kier molecular flexibility index (Phi) is 5.27. The van der Waals surface area contributed by atoms with Gasteiger partial charge < -0.3 is 5.32 Å². The third-order valence-electron chi connectivity index (χ3n) is 2.79. The van der Waals surface area contributed by atoms with Crippen molar-refractivity contribution in [2.75, 3.05) is 5.32 Å². The van der Waals surface area contributed by atoms with Gasteiger partial charge in [-0.05, 0) is 18.6 Å². The first-order valence-corrected chi connectivity index (χ1v) is 7.40. The lowest BCUT2D eigenvalue weighted by Crippen LogP contribution is -2.29. The van der Waals surface area contributed by atoms with Crippen LogP contribution >= 0.6 is 11.8 Å². The lowest BCUT2D eigenvalue weighted by Gasteiger charge is -2.14. The summed E-state index contributed by atoms with van der Waals surface area (Å²) in [4.78, 5) is 36.6. The zero-order chi connectivity index (χ0) is 17.0. The molecule has 1 heterocycles. The number of nitrogens with one attached hydrogen (secondary N) is 3. The van der Waals surface area contributed by atoms with E-state index in [1.807, 2.05) is 4.98 Å². The Balaban J connectivity index is 2.15. The topological polar surface area (TPSA) is 108 Å². The molecule has 2 aromatic rings. The van der Waals surface area contributed by atoms with E-state index in [1.54, 1.807) is 6.92 Å². The molecule has 23 heavy (non-hydrogen) atoms. The number of halogens is 2. The highest BCUT2D eigenvalue weighted by Crippen LogP contribution is 2.23. The maximum atomic E-state index is 13.5. The average Bonchev–Trinajstić information content (AvgIpc) is 2.49. The molecule has 1 aromatic carbocycles. The summed E-state index contributed by atoms with van der Waals surface area (Å²) in [6.45, 7) is 1.69. The normalized spacial score (nSPS) is 12.0. The molecule has 3 N–H and O–H groups in total. The second-order valence-corrected chi connectivity index (χ2v) is 5.63. The van der Waals surface area contributed by atoms with E-state index < -0.39 is 34.0 Å². The second-order valence-electron chi connectivity index (χ2n) is 4.44. The predicted octanol–water partition coefficient (Wildman–Crippen LogP) is 1.25. The quantitative estimate of drug-likeness (QED) is 0.709. The number of nitrogens with zero attached hydrogens (tertiary/aromatic N) is 1. The average molecular weight is 342 g/mol. The van der Waals surface area contributed by atoms with Gasteiger partial charge in [0.25, 0.3) is 5.56 Å². The molecule has 122 valence electrons. The van der Waals surface area contributed by atoms with E-state index in [9.17, 15) is 23.2 Å². The third kappa shape index (κ3) is 4.25. The van der Waals surface area contributed by atoms with Gasteiger partial charge >= 0.3 is 5.69 Å². The minimum absolute atomic E-state index is 0.0915. The highest BCUT2D eigenvalue weighted by molar-refractivity contribution is 8.00. The van der Waals surface area contributed by atoms with Crippen molar-refractivity contribution in [3.8, 4) is 0 Å². The first-order chi connectivity index (χ1) is 10.9. The van der Waals surface area contributed by atoms with Gasteiger partial charge in [0.2, 0.25) is 5.91 Å². The zero-order valence-corrected chi connectivity index (χ0v) is 12.7. The molecular formula is C13H12F2N4O3S. The molecule has 0 aliphatic rings. The fraction of sp³-hybridized carbons (Fsp3) is 0.231. The smallest absolute Gasteiger partial charge is 0.323 e. The van der Waals surface area contributed by atoms with E-state index in [-0.39, 0.29) is 10.7 Å². The van der Waals surface area contributed by atoms with Crippen molar-refractivity contribution < 1.29 is 13.6 Å². The van der Waals surface area contributed by atoms with Gasteiger partial charge in [0.05, 0.1) is 10.9 Å². The number of carbonyl (C=O) groups excluding carboxylic acids is 1. The molecule has 0 spiro atoms. The Hall–Kier alpha value is -2.49. The van der Waals surface area contributed by atoms with Crippen LogP contribution in [0.25, 0.3) is 0 Å². The van der Waals surface area contributed by atoms with E-state index in [0.717, 1.165) is 23.9 Å². The fourth-order valence-electron chi connectivity index (χ4n) is 1.68. The number of thioether (sulfide) groups is 1. The SMILES string of the molecule is CCC(Sc1n[nH]c(=O)[nH]c1=O)C(=O)Nc1ccc(F)cc1F. The van der Waals surface area contributed by atoms with Gasteiger partial charge in [-0.25, -0.2) is 18.7 Å². The Labute approximate surface area is 132 Å². The van der Waals surface area contributed by atoms with Gasteiger partial charge in [-0.15, -0.1) is 0 Å². The number of H-pyrrole nitrogens is 2. The number of aromatic amines is 2. The van der Waals surface area contributed by atoms with Crippen LogP contribution in [-0.4, -0.2) is 26.3 Å². The molecule has 0 saturated carbocycles. The summed E-state index contributed by atoms with van der Waals surface area (Å²) in [5.41, 5.74) is -1.65. The van der Waals surface area contributed by atoms with Crippen LogP contribution < -0.4 is 16.6 Å². The first-order valence-electron chi connectivity index (χ1n) is 6.52. The molecule has 0 fully saturated rings. The van der Waals surface area contributed by atoms with Crippen LogP contribution in [0.2, 0.25) is 0 Å². The van der Waals surface area contributed by atoms with Crippen molar-refractivity contribution in [2.45, 2.75) is 23.6 Å². The van der Waals surface area contributed by atoms with Gasteiger partial charge in [0.15, 0.2) is 5.03 Å². The largest absolute Gasteiger partial charge is 0.342 e. The Morgan fingerprint density at radius 3 is 2.74 bits per heavy atom. The highest BCUT2D eigenvalue weighted by atomic mass is 32.2. The molecule has 7 nitrogen and oxygen atoms in total. The highest BCUT2D eigenvalue weighted by Gasteiger charge is 2.21. The van der Waals surface area contributed by atoms with E-state index in [4.69, 9.17) is 0 Å². The van der Waals surface area contributed by atoms with Crippen molar-refractivity contribution in [1.82, 2.24) is 15.2 Å². The second kappa shape index (κ2) is 7.18. The van der Waals surface area contributed by atoms with Crippen LogP contribution in [0.15, 0.2) is 32.8 Å². The molecular weight excluding hydrogens is 330 g/mol. The summed E-state index contributed by atoms with van der Waals surface area (Å²) in [7, 11) is 0. The van der Waals surface area contributed by atoms with Crippen molar-refractivity contribution in [2.24, 2.45) is 0 Å². The molecule has 2 rings (SSSR count). The maximum Gasteiger partial charge on any atom is 0.342 e. The summed E-state index contributed by atoms with van der Waals surface area (Å²) in [5.74, 6) is -2.24. The summed E-state index contributed by atoms with van der Waals surface area (Å²) >= 11 is 0.827. The molecule has 0 bridgehead atoms. The molecule has 0 aliphatic carbocycles. The maximum absolute atomic E-state index is 13.5. The number of aromatic nitrogens is 3. The van der Waals surface area contributed by atoms with Gasteiger partial charge in [-0.1, -0.05) is 18.7 Å². The lowest BCUT2D eigenvalue weighted by atomic mass is 10.2. The van der Waals surface area contributed by atoms with Gasteiger partial charge in [-0.3, -0.25) is 14.6 Å². The molecule has 1 unspecified atom stereocenters. The number of amides is 1. The summed E-state index contributed by atoms with van der Waals surface area (Å²) < 4.78 is 26.4. The summed E-state index contributed by atoms with van der Waals surface area (Å²) in [6.07, 6.45) is 0.319. The van der Waals surface area contributed by atoms with E-state index >= 15 is 0 Å². The van der Waals surface area contributed by atoms with Crippen molar-refractivity contribution >= 4 is 23.4 Å². The van der Waals surface area contributed by atoms with E-state index in [0.29, 0.717) is 12.5 Å². The number of anilines is 1. The Morgan fingerprint density at radius 2 is 2.13 bits per heavy atom. The molecule has 0 aliphatic heterocycles. The third-order valence-corrected chi connectivity index (χ3v) is 4.12. The fourth-order valence-corrected chi connectivity index (χ4v) is 2.54. The van der Waals surface area contributed by atoms with Crippen LogP contribution in [0, 0.1) is 11.6 Å². The van der Waals surface area contributed by atoms with Crippen LogP contribution in [0.5, 0.6) is 0 Å². The number of hydrogen-bond acceptors (Lipinski definition) is 5. The zero-order valence-electron chi connectivity index (χ0n) is 11.9. The Bertz CT molecular complexity index is 836. The lowest BCUT2D eigenvalue weighted by molar-refractivity contribution is -0.115. The first kappa shape index (κ1) is 16.9. The van der Waals surface area contributed by atoms with Gasteiger partial charge in [0.1, 0.15) is 11.6 Å². The summed E-state index contributed by atoms with van der Waals surface area (Å²) in [6, 6.07) is 2.77. The molecule has 1 aromatic heterocycles. The standard InChI is InChI=1S/C13H12F2N4O3S/c1-2-9(23-12-11(21)17-13(22)19-18-12)10(20)16-8-4-3-6(14)5-7(8)15/h3-5,9H,2H2,1H3,(H,16,20)(H2,17,19,21,22). The monoisotopic (exact) mass is 342 g/mol. The molecule has 10 heteroatoms. The molecule has 1 amide bonds. The van der Waals surface area contributed by atoms with E-state index in [1.165, 1.54) is 0 Å². The van der Waals surface area contributed by atoms with Crippen LogP contribution in [0.3, 0.4) is 0 Å². The Morgan fingerprint density at radius 1 is 1.39 bits per heavy atom. The summed E-state index contributed by atoms with van der Waals surface area (Å²) in [5, 5.41) is 7.10. The molecule has 0 radical (unpaired) electrons. The van der Waals surface area contributed by atoms with E-state index in [2.05, 4.69) is 15.5 Å². The molecule has 1 atom stereocenters. The van der Waals surface area contributed by atoms with Gasteiger partial charge in [-0.2, -0.15) is 5.10 Å². The van der Waals surface area contributed by atoms with Crippen LogP contribution in [0.4, 0.5) is 14.5 Å². The molecule has 0 saturated heterocycles. The number of benzene rings is 1. The van der Waals surface area contributed by atoms with Crippen molar-refractivity contribution in [1.29, 1.82) is 0 Å². The minimum Gasteiger partial charge on any atom is -0.323 e. The number of carbonyl (C=O) groups is 1.